The zero-order valence-electron chi connectivity index (χ0n) is 40.5. The molecular formula is C57H92O6. The standard InChI is InChI=1S/C57H92O6/c1-4-7-10-13-16-19-22-25-27-29-31-32-35-38-41-44-47-50-56(59)62-53-54(52-61-55(58)49-46-43-40-37-34-24-21-18-15-12-9-6-3)63-57(60)51-48-45-42-39-36-33-30-28-26-23-20-17-14-11-8-5-2/h8-9,11-12,16-21,25-28,31-32,38,41,54H,4-7,10,13-15,22-24,29-30,33-37,39-40,42-53H2,1-3H3/b11-8-,12-9-,19-16-,20-17-,21-18-,27-25-,28-26-,32-31-,41-38-. The van der Waals surface area contributed by atoms with Crippen molar-refractivity contribution in [2.75, 3.05) is 13.2 Å². The Morgan fingerprint density at radius 3 is 1.03 bits per heavy atom. The van der Waals surface area contributed by atoms with Crippen molar-refractivity contribution in [2.45, 2.75) is 219 Å². The monoisotopic (exact) mass is 873 g/mol. The van der Waals surface area contributed by atoms with E-state index in [0.29, 0.717) is 19.3 Å². The van der Waals surface area contributed by atoms with Crippen LogP contribution >= 0.6 is 0 Å². The number of carbonyl (C=O) groups excluding carboxylic acids is 3. The molecule has 0 aromatic rings. The first-order valence-corrected chi connectivity index (χ1v) is 25.4. The summed E-state index contributed by atoms with van der Waals surface area (Å²) in [5.41, 5.74) is 0. The highest BCUT2D eigenvalue weighted by Gasteiger charge is 2.19. The van der Waals surface area contributed by atoms with E-state index >= 15 is 0 Å². The van der Waals surface area contributed by atoms with E-state index in [1.54, 1.807) is 0 Å². The van der Waals surface area contributed by atoms with Crippen LogP contribution in [0.1, 0.15) is 213 Å². The molecule has 0 aliphatic heterocycles. The molecule has 0 aromatic carbocycles. The number of unbranched alkanes of at least 4 members (excludes halogenated alkanes) is 15. The second-order valence-corrected chi connectivity index (χ2v) is 16.3. The normalized spacial score (nSPS) is 13.0. The van der Waals surface area contributed by atoms with Gasteiger partial charge < -0.3 is 14.2 Å². The minimum atomic E-state index is -0.814. The van der Waals surface area contributed by atoms with Crippen LogP contribution in [0.5, 0.6) is 0 Å². The van der Waals surface area contributed by atoms with E-state index in [0.717, 1.165) is 128 Å². The Hall–Kier alpha value is -3.93. The summed E-state index contributed by atoms with van der Waals surface area (Å²) < 4.78 is 16.7. The summed E-state index contributed by atoms with van der Waals surface area (Å²) in [4.78, 5) is 37.9. The van der Waals surface area contributed by atoms with Crippen LogP contribution in [0.15, 0.2) is 109 Å². The molecule has 0 fully saturated rings. The molecule has 0 N–H and O–H groups in total. The van der Waals surface area contributed by atoms with Crippen LogP contribution in [0, 0.1) is 0 Å². The second-order valence-electron chi connectivity index (χ2n) is 16.3. The van der Waals surface area contributed by atoms with Gasteiger partial charge in [-0.15, -0.1) is 0 Å². The summed E-state index contributed by atoms with van der Waals surface area (Å²) in [5.74, 6) is -1.00. The number of ether oxygens (including phenoxy) is 3. The lowest BCUT2D eigenvalue weighted by Crippen LogP contribution is -2.30. The smallest absolute Gasteiger partial charge is 0.306 e. The SMILES string of the molecule is CC/C=C\C/C=C\C/C=C\CCCCCCCCC(=O)OC(COC(=O)CCC/C=C\C/C=C\C/C=C\C/C=C\CCCCC)COC(=O)CCCCCCC/C=C\C/C=C\CC. The summed E-state index contributed by atoms with van der Waals surface area (Å²) in [6.07, 6.45) is 67.9. The lowest BCUT2D eigenvalue weighted by Gasteiger charge is -2.18. The van der Waals surface area contributed by atoms with Crippen LogP contribution in [0.4, 0.5) is 0 Å². The molecule has 0 saturated heterocycles. The van der Waals surface area contributed by atoms with Gasteiger partial charge in [-0.1, -0.05) is 188 Å². The molecule has 1 unspecified atom stereocenters. The minimum Gasteiger partial charge on any atom is -0.462 e. The van der Waals surface area contributed by atoms with Crippen LogP contribution in [-0.2, 0) is 28.6 Å². The first-order valence-electron chi connectivity index (χ1n) is 25.4. The van der Waals surface area contributed by atoms with Gasteiger partial charge in [0.05, 0.1) is 0 Å². The van der Waals surface area contributed by atoms with Crippen molar-refractivity contribution in [2.24, 2.45) is 0 Å². The lowest BCUT2D eigenvalue weighted by atomic mass is 10.1. The van der Waals surface area contributed by atoms with Crippen LogP contribution < -0.4 is 0 Å². The van der Waals surface area contributed by atoms with Gasteiger partial charge in [0, 0.05) is 19.3 Å². The quantitative estimate of drug-likeness (QED) is 0.0263. The third-order valence-corrected chi connectivity index (χ3v) is 10.2. The van der Waals surface area contributed by atoms with Gasteiger partial charge in [0.15, 0.2) is 6.10 Å². The van der Waals surface area contributed by atoms with Crippen LogP contribution in [0.3, 0.4) is 0 Å². The Morgan fingerprint density at radius 1 is 0.333 bits per heavy atom. The number of hydrogen-bond donors (Lipinski definition) is 0. The lowest BCUT2D eigenvalue weighted by molar-refractivity contribution is -0.167. The predicted molar refractivity (Wildman–Crippen MR) is 270 cm³/mol. The maximum Gasteiger partial charge on any atom is 0.306 e. The fourth-order valence-corrected chi connectivity index (χ4v) is 6.48. The fourth-order valence-electron chi connectivity index (χ4n) is 6.48. The van der Waals surface area contributed by atoms with Crippen molar-refractivity contribution < 1.29 is 28.6 Å². The van der Waals surface area contributed by atoms with Crippen molar-refractivity contribution in [3.8, 4) is 0 Å². The summed E-state index contributed by atoms with van der Waals surface area (Å²) in [6, 6.07) is 0. The molecule has 0 aliphatic carbocycles. The molecule has 0 saturated carbocycles. The van der Waals surface area contributed by atoms with E-state index in [2.05, 4.69) is 130 Å². The molecule has 0 radical (unpaired) electrons. The molecule has 0 bridgehead atoms. The van der Waals surface area contributed by atoms with Crippen molar-refractivity contribution >= 4 is 17.9 Å². The van der Waals surface area contributed by atoms with Crippen molar-refractivity contribution in [1.29, 1.82) is 0 Å². The Morgan fingerprint density at radius 2 is 0.635 bits per heavy atom. The number of hydrogen-bond acceptors (Lipinski definition) is 6. The number of allylic oxidation sites excluding steroid dienone is 18. The van der Waals surface area contributed by atoms with Gasteiger partial charge in [-0.05, 0) is 116 Å². The molecule has 0 spiro atoms. The molecule has 0 amide bonds. The molecule has 0 aliphatic rings. The number of esters is 3. The molecule has 0 heterocycles. The molecule has 63 heavy (non-hydrogen) atoms. The highest BCUT2D eigenvalue weighted by atomic mass is 16.6. The molecule has 0 aromatic heterocycles. The molecule has 1 atom stereocenters. The maximum atomic E-state index is 12.8. The van der Waals surface area contributed by atoms with Gasteiger partial charge in [0.2, 0.25) is 0 Å². The summed E-state index contributed by atoms with van der Waals surface area (Å²) in [5, 5.41) is 0. The highest BCUT2D eigenvalue weighted by molar-refractivity contribution is 5.71. The Labute approximate surface area is 387 Å². The molecule has 356 valence electrons. The van der Waals surface area contributed by atoms with E-state index in [9.17, 15) is 14.4 Å². The van der Waals surface area contributed by atoms with Crippen LogP contribution in [0.2, 0.25) is 0 Å². The summed E-state index contributed by atoms with van der Waals surface area (Å²) >= 11 is 0. The largest absolute Gasteiger partial charge is 0.462 e. The van der Waals surface area contributed by atoms with Gasteiger partial charge in [-0.25, -0.2) is 0 Å². The van der Waals surface area contributed by atoms with E-state index in [-0.39, 0.29) is 37.5 Å². The fraction of sp³-hybridized carbons (Fsp3) is 0.632. The Kier molecular flexibility index (Phi) is 47.5. The average molecular weight is 873 g/mol. The van der Waals surface area contributed by atoms with E-state index in [1.165, 1.54) is 38.5 Å². The Balaban J connectivity index is 4.52. The van der Waals surface area contributed by atoms with Gasteiger partial charge in [0.25, 0.3) is 0 Å². The number of rotatable bonds is 44. The zero-order chi connectivity index (χ0) is 45.8. The topological polar surface area (TPSA) is 78.9 Å². The maximum absolute atomic E-state index is 12.8. The first kappa shape index (κ1) is 59.1. The number of carbonyl (C=O) groups is 3. The third-order valence-electron chi connectivity index (χ3n) is 10.2. The minimum absolute atomic E-state index is 0.110. The van der Waals surface area contributed by atoms with Gasteiger partial charge in [-0.2, -0.15) is 0 Å². The zero-order valence-corrected chi connectivity index (χ0v) is 40.5. The Bertz CT molecular complexity index is 1330. The summed E-state index contributed by atoms with van der Waals surface area (Å²) in [6.45, 7) is 6.30. The molecule has 6 heteroatoms. The van der Waals surface area contributed by atoms with E-state index in [1.807, 2.05) is 0 Å². The van der Waals surface area contributed by atoms with E-state index in [4.69, 9.17) is 14.2 Å². The van der Waals surface area contributed by atoms with E-state index < -0.39 is 6.10 Å². The predicted octanol–water partition coefficient (Wildman–Crippen LogP) is 16.8. The molecule has 0 rings (SSSR count). The van der Waals surface area contributed by atoms with Crippen molar-refractivity contribution in [3.05, 3.63) is 109 Å². The third kappa shape index (κ3) is 49.0. The van der Waals surface area contributed by atoms with Gasteiger partial charge in [-0.3, -0.25) is 14.4 Å². The van der Waals surface area contributed by atoms with Gasteiger partial charge >= 0.3 is 17.9 Å². The second kappa shape index (κ2) is 50.7. The van der Waals surface area contributed by atoms with Crippen molar-refractivity contribution in [1.82, 2.24) is 0 Å². The first-order chi connectivity index (χ1) is 31.0. The highest BCUT2D eigenvalue weighted by Crippen LogP contribution is 2.13. The summed E-state index contributed by atoms with van der Waals surface area (Å²) in [7, 11) is 0. The molecular weight excluding hydrogens is 781 g/mol. The average Bonchev–Trinajstić information content (AvgIpc) is 3.28. The molecule has 6 nitrogen and oxygen atoms in total. The van der Waals surface area contributed by atoms with Crippen LogP contribution in [0.25, 0.3) is 0 Å². The van der Waals surface area contributed by atoms with Crippen molar-refractivity contribution in [3.63, 3.8) is 0 Å². The van der Waals surface area contributed by atoms with Gasteiger partial charge in [0.1, 0.15) is 13.2 Å². The van der Waals surface area contributed by atoms with Crippen LogP contribution in [-0.4, -0.2) is 37.2 Å².